The number of ketones is 2. The van der Waals surface area contributed by atoms with Gasteiger partial charge in [0.15, 0.2) is 0 Å². The van der Waals surface area contributed by atoms with E-state index in [-0.39, 0.29) is 36.7 Å². The number of carbonyl (C=O) groups excluding carboxylic acids is 4. The van der Waals surface area contributed by atoms with Crippen molar-refractivity contribution in [2.24, 2.45) is 14.7 Å². The summed E-state index contributed by atoms with van der Waals surface area (Å²) >= 11 is 0. The van der Waals surface area contributed by atoms with E-state index < -0.39 is 33.5 Å². The van der Waals surface area contributed by atoms with Gasteiger partial charge in [-0.05, 0) is 46.8 Å². The molecule has 0 aromatic heterocycles. The molecule has 3 aromatic carbocycles. The van der Waals surface area contributed by atoms with E-state index in [4.69, 9.17) is 31.6 Å². The van der Waals surface area contributed by atoms with E-state index in [0.29, 0.717) is 23.4 Å². The van der Waals surface area contributed by atoms with Crippen LogP contribution in [-0.4, -0.2) is 42.4 Å². The zero-order valence-corrected chi connectivity index (χ0v) is 28.4. The summed E-state index contributed by atoms with van der Waals surface area (Å²) in [6.07, 6.45) is 0.179. The number of benzene rings is 3. The van der Waals surface area contributed by atoms with Crippen LogP contribution in [0.25, 0.3) is 36.9 Å². The van der Waals surface area contributed by atoms with Crippen LogP contribution in [0.4, 0.5) is 11.4 Å². The molecule has 0 unspecified atom stereocenters. The number of Topliss-reactive ketones (excluding diaryl/α,β-unsaturated/α-hetero) is 2. The van der Waals surface area contributed by atoms with E-state index >= 15 is 0 Å². The highest BCUT2D eigenvalue weighted by atomic mass is 32.2. The summed E-state index contributed by atoms with van der Waals surface area (Å²) in [4.78, 5) is 55.2. The standard InChI is InChI=1S/C12H11N5O3.C12H13N3O3.C7H7N3O2S/c1-2-10(18)11(15-13)12(19)20-7-8-3-5-9(6-4-8)16-17-14;1-2-11(16)7-12(17)18-8-9-3-5-10(6-4-9)14-15-13;1-6-2-4-7(5-3-6)13(11,12)10-9-8/h3-6H,2,7H2,1H3;3-6H,2,7-8H2,1H3;2-5H,1H3. The molecule has 0 heterocycles. The Morgan fingerprint density at radius 1 is 0.686 bits per heavy atom. The smallest absolute Gasteiger partial charge is 0.441 e. The molecule has 3 aromatic rings. The highest BCUT2D eigenvalue weighted by Gasteiger charge is 2.29. The molecular formula is C31H31N11O8S. The van der Waals surface area contributed by atoms with Gasteiger partial charge in [-0.25, -0.2) is 13.2 Å². The van der Waals surface area contributed by atoms with Crippen molar-refractivity contribution in [3.05, 3.63) is 126 Å². The maximum absolute atomic E-state index is 11.5. The van der Waals surface area contributed by atoms with E-state index in [1.54, 1.807) is 67.6 Å². The minimum Gasteiger partial charge on any atom is -0.460 e. The van der Waals surface area contributed by atoms with Gasteiger partial charge in [-0.3, -0.25) is 14.4 Å². The van der Waals surface area contributed by atoms with E-state index in [1.807, 2.05) is 6.92 Å². The third kappa shape index (κ3) is 16.2. The minimum atomic E-state index is -3.82. The highest BCUT2D eigenvalue weighted by molar-refractivity contribution is 7.90. The number of nitrogens with zero attached hydrogens (tertiary/aromatic N) is 11. The molecule has 0 saturated carbocycles. The van der Waals surface area contributed by atoms with Gasteiger partial charge in [0.05, 0.1) is 4.90 Å². The molecule has 264 valence electrons. The topological polar surface area (TPSA) is 304 Å². The average Bonchev–Trinajstić information content (AvgIpc) is 3.12. The van der Waals surface area contributed by atoms with Crippen molar-refractivity contribution in [1.82, 2.24) is 0 Å². The summed E-state index contributed by atoms with van der Waals surface area (Å²) in [7, 11) is -3.82. The molecule has 51 heavy (non-hydrogen) atoms. The highest BCUT2D eigenvalue weighted by Crippen LogP contribution is 2.15. The maximum atomic E-state index is 11.5. The molecule has 0 radical (unpaired) electrons. The van der Waals surface area contributed by atoms with E-state index in [2.05, 4.69) is 34.3 Å². The first-order valence-electron chi connectivity index (χ1n) is 14.6. The number of esters is 2. The van der Waals surface area contributed by atoms with Gasteiger partial charge in [0, 0.05) is 43.5 Å². The lowest BCUT2D eigenvalue weighted by Crippen LogP contribution is -2.26. The van der Waals surface area contributed by atoms with Crippen molar-refractivity contribution in [3.8, 4) is 0 Å². The fraction of sp³-hybridized carbons (Fsp3) is 0.258. The van der Waals surface area contributed by atoms with Crippen molar-refractivity contribution in [2.45, 2.75) is 58.1 Å². The van der Waals surface area contributed by atoms with Crippen LogP contribution >= 0.6 is 0 Å². The van der Waals surface area contributed by atoms with Crippen molar-refractivity contribution in [3.63, 3.8) is 0 Å². The van der Waals surface area contributed by atoms with Crippen LogP contribution in [0.5, 0.6) is 0 Å². The number of rotatable bonds is 14. The van der Waals surface area contributed by atoms with E-state index in [9.17, 15) is 27.6 Å². The van der Waals surface area contributed by atoms with Crippen LogP contribution in [0.3, 0.4) is 0 Å². The number of hydrogen-bond donors (Lipinski definition) is 0. The van der Waals surface area contributed by atoms with Crippen molar-refractivity contribution in [1.29, 1.82) is 0 Å². The lowest BCUT2D eigenvalue weighted by atomic mass is 10.2. The van der Waals surface area contributed by atoms with Gasteiger partial charge >= 0.3 is 17.7 Å². The Morgan fingerprint density at radius 3 is 1.59 bits per heavy atom. The molecule has 0 fully saturated rings. The molecule has 0 spiro atoms. The predicted molar refractivity (Wildman–Crippen MR) is 181 cm³/mol. The Balaban J connectivity index is 0.000000391. The Morgan fingerprint density at radius 2 is 1.18 bits per heavy atom. The second kappa shape index (κ2) is 22.7. The number of sulfonamides is 1. The van der Waals surface area contributed by atoms with Crippen LogP contribution in [0, 0.1) is 6.92 Å². The number of carbonyl (C=O) groups is 4. The van der Waals surface area contributed by atoms with Crippen LogP contribution in [0.15, 0.2) is 92.4 Å². The second-order valence-corrected chi connectivity index (χ2v) is 11.3. The molecule has 0 aliphatic rings. The molecule has 0 saturated heterocycles. The van der Waals surface area contributed by atoms with Crippen molar-refractivity contribution < 1.29 is 41.9 Å². The molecule has 0 aliphatic carbocycles. The predicted octanol–water partition coefficient (Wildman–Crippen LogP) is 7.36. The van der Waals surface area contributed by atoms with Gasteiger partial charge in [0.2, 0.25) is 0 Å². The monoisotopic (exact) mass is 717 g/mol. The fourth-order valence-corrected chi connectivity index (χ4v) is 3.99. The summed E-state index contributed by atoms with van der Waals surface area (Å²) in [5.41, 5.74) is 35.7. The zero-order chi connectivity index (χ0) is 38.2. The van der Waals surface area contributed by atoms with Crippen LogP contribution in [0.2, 0.25) is 0 Å². The molecule has 0 aliphatic heterocycles. The molecular weight excluding hydrogens is 686 g/mol. The first-order valence-corrected chi connectivity index (χ1v) is 16.0. The van der Waals surface area contributed by atoms with Gasteiger partial charge in [0.25, 0.3) is 15.8 Å². The lowest BCUT2D eigenvalue weighted by Gasteiger charge is -2.04. The molecule has 19 nitrogen and oxygen atoms in total. The summed E-state index contributed by atoms with van der Waals surface area (Å²) < 4.78 is 34.7. The van der Waals surface area contributed by atoms with Gasteiger partial charge in [-0.2, -0.15) is 4.79 Å². The Hall–Kier alpha value is -6.80. The van der Waals surface area contributed by atoms with Crippen molar-refractivity contribution in [2.75, 3.05) is 0 Å². The zero-order valence-electron chi connectivity index (χ0n) is 27.6. The van der Waals surface area contributed by atoms with Crippen LogP contribution in [0.1, 0.15) is 49.8 Å². The number of aryl methyl sites for hydroxylation is 1. The lowest BCUT2D eigenvalue weighted by molar-refractivity contribution is -0.147. The molecule has 3 rings (SSSR count). The van der Waals surface area contributed by atoms with Gasteiger partial charge in [-0.15, -0.1) is 0 Å². The largest absolute Gasteiger partial charge is 0.460 e. The molecule has 0 atom stereocenters. The van der Waals surface area contributed by atoms with Gasteiger partial charge in [-0.1, -0.05) is 90.3 Å². The maximum Gasteiger partial charge on any atom is 0.441 e. The number of ether oxygens (including phenoxy) is 2. The quantitative estimate of drug-likeness (QED) is 0.0404. The van der Waals surface area contributed by atoms with Crippen molar-refractivity contribution >= 4 is 50.6 Å². The summed E-state index contributed by atoms with van der Waals surface area (Å²) in [5, 5.41) is 6.82. The third-order valence-corrected chi connectivity index (χ3v) is 7.20. The Kier molecular flexibility index (Phi) is 18.8. The molecule has 0 N–H and O–H groups in total. The third-order valence-electron chi connectivity index (χ3n) is 6.04. The van der Waals surface area contributed by atoms with E-state index in [0.717, 1.165) is 11.1 Å². The second-order valence-electron chi connectivity index (χ2n) is 9.70. The average molecular weight is 718 g/mol. The SMILES string of the molecule is CCC(=O)C(=[N+]=[N-])C(=O)OCc1ccc(N=[N+]=[N-])cc1.CCC(=O)CC(=O)OCc1ccc(N=[N+]=[N-])cc1.Cc1ccc(S(=O)(=O)N=[N+]=[N-])cc1. The first kappa shape index (κ1) is 42.2. The molecule has 0 bridgehead atoms. The van der Waals surface area contributed by atoms with Gasteiger partial charge in [0.1, 0.15) is 25.4 Å². The minimum absolute atomic E-state index is 0.0101. The van der Waals surface area contributed by atoms with Crippen LogP contribution < -0.4 is 0 Å². The first-order chi connectivity index (χ1) is 24.3. The van der Waals surface area contributed by atoms with E-state index in [1.165, 1.54) is 19.1 Å². The number of hydrogen-bond acceptors (Lipinski definition) is 10. The van der Waals surface area contributed by atoms with Gasteiger partial charge < -0.3 is 15.0 Å². The summed E-state index contributed by atoms with van der Waals surface area (Å²) in [6.45, 7) is 5.08. The fourth-order valence-electron chi connectivity index (χ4n) is 3.32. The summed E-state index contributed by atoms with van der Waals surface area (Å²) in [5.74, 6) is -2.26. The normalized spacial score (nSPS) is 9.55. The Bertz CT molecular complexity index is 1990. The molecule has 0 amide bonds. The molecule has 20 heteroatoms. The van der Waals surface area contributed by atoms with Crippen LogP contribution in [-0.2, 0) is 51.9 Å². The Labute approximate surface area is 291 Å². The summed E-state index contributed by atoms with van der Waals surface area (Å²) in [6, 6.07) is 19.0. The number of azide groups is 3.